The van der Waals surface area contributed by atoms with Crippen molar-refractivity contribution in [1.29, 1.82) is 0 Å². The van der Waals surface area contributed by atoms with Gasteiger partial charge in [0.15, 0.2) is 24.5 Å². The summed E-state index contributed by atoms with van der Waals surface area (Å²) in [5.74, 6) is -5.94. The fourth-order valence-electron chi connectivity index (χ4n) is 12.0. The molecule has 0 aromatic carbocycles. The number of carbonyl (C=O) groups excluding carboxylic acids is 2. The fraction of sp³-hybridized carbons (Fsp3) is 0.792. The van der Waals surface area contributed by atoms with Crippen LogP contribution in [-0.2, 0) is 66.5 Å². The Morgan fingerprint density at radius 3 is 2.31 bits per heavy atom. The second-order valence-corrected chi connectivity index (χ2v) is 21.6. The van der Waals surface area contributed by atoms with Gasteiger partial charge in [0.2, 0.25) is 0 Å². The third kappa shape index (κ3) is 10.9. The maximum atomic E-state index is 14.7. The molecule has 17 nitrogen and oxygen atoms in total. The van der Waals surface area contributed by atoms with Crippen molar-refractivity contribution < 1.29 is 81.8 Å². The van der Waals surface area contributed by atoms with Gasteiger partial charge in [0.05, 0.1) is 61.2 Å². The van der Waals surface area contributed by atoms with E-state index < -0.39 is 127 Å². The molecule has 5 saturated heterocycles. The molecule has 2 aliphatic carbocycles. The van der Waals surface area contributed by atoms with Crippen LogP contribution in [0.2, 0.25) is 0 Å². The van der Waals surface area contributed by atoms with Crippen molar-refractivity contribution in [3.63, 3.8) is 0 Å². The Morgan fingerprint density at radius 2 is 1.61 bits per heavy atom. The number of hydrogen-bond donors (Lipinski definition) is 3. The van der Waals surface area contributed by atoms with Crippen molar-refractivity contribution in [3.8, 4) is 0 Å². The van der Waals surface area contributed by atoms with Gasteiger partial charge in [-0.05, 0) is 75.5 Å². The van der Waals surface area contributed by atoms with Crippen LogP contribution in [0.25, 0.3) is 0 Å². The Kier molecular flexibility index (Phi) is 16.6. The summed E-state index contributed by atoms with van der Waals surface area (Å²) in [5, 5.41) is 33.1. The van der Waals surface area contributed by atoms with Crippen LogP contribution in [0.15, 0.2) is 47.1 Å². The number of rotatable bonds is 11. The van der Waals surface area contributed by atoms with Crippen LogP contribution in [0.3, 0.4) is 0 Å². The lowest BCUT2D eigenvalue weighted by Gasteiger charge is -2.51. The molecule has 0 radical (unpaired) electrons. The SMILES string of the molecule is CC[C@H](C)[C@H]1O[C@]2(CC[C@@H]1C)CC1C[C@@H](C/C=C(\C)[C@@H](O[C@H]3C[C@H](OC)[C@@H](O[C@H]4C[C@H](OC)[C@@H](O)[C@H](C)O4)[C@H](C)O3)[C@@H](C)/C=C/C=C3\CO[C@@H]4[C@H](OC(=O)C5CC5C(=O)O)C(C)=C[C@@H](C(=O)O1)[C@]34O)O2. The maximum Gasteiger partial charge on any atom is 0.316 e. The first-order valence-electron chi connectivity index (χ1n) is 25.7. The summed E-state index contributed by atoms with van der Waals surface area (Å²) < 4.78 is 70.4. The standard InChI is InChI=1S/C53H78O17/c1-11-26(2)45-29(5)17-18-52(70-45)24-35-20-34(69-52)16-15-28(4)44(66-42-23-40(61-10)47(32(8)64-42)67-41-22-39(60-9)43(54)31(7)63-41)27(3)13-12-14-33-25-62-48-46(68-50(57)37-21-36(37)49(55)56)30(6)19-38(51(58)65-35)53(33,48)59/h12-15,19,26-27,29,31-32,34-48,54,59H,11,16-18,20-25H2,1-10H3,(H,55,56)/b13-12+,28-15+,33-14+/t26-,27-,29-,31-,32-,34+,35?,36?,37?,38-,39-,40-,41-,42-,43-,44-,45+,46+,47-,48+,52+,53+/m0/s1. The highest BCUT2D eigenvalue weighted by Crippen LogP contribution is 2.50. The van der Waals surface area contributed by atoms with Crippen LogP contribution in [0.4, 0.5) is 0 Å². The summed E-state index contributed by atoms with van der Waals surface area (Å²) in [6.07, 6.45) is 5.44. The number of carbonyl (C=O) groups is 3. The van der Waals surface area contributed by atoms with Gasteiger partial charge < -0.3 is 67.4 Å². The fourth-order valence-corrected chi connectivity index (χ4v) is 12.0. The van der Waals surface area contributed by atoms with Gasteiger partial charge >= 0.3 is 17.9 Å². The van der Waals surface area contributed by atoms with Crippen LogP contribution in [0, 0.1) is 35.5 Å². The van der Waals surface area contributed by atoms with E-state index in [1.165, 1.54) is 0 Å². The van der Waals surface area contributed by atoms with E-state index in [0.29, 0.717) is 55.6 Å². The van der Waals surface area contributed by atoms with Crippen LogP contribution in [-0.4, -0.2) is 151 Å². The second kappa shape index (κ2) is 21.8. The number of carboxylic acids is 1. The molecule has 1 saturated carbocycles. The summed E-state index contributed by atoms with van der Waals surface area (Å²) in [6.45, 7) is 16.0. The molecule has 70 heavy (non-hydrogen) atoms. The molecule has 392 valence electrons. The average Bonchev–Trinajstić information content (AvgIpc) is 4.07. The zero-order valence-electron chi connectivity index (χ0n) is 42.6. The maximum absolute atomic E-state index is 14.7. The smallest absolute Gasteiger partial charge is 0.316 e. The Morgan fingerprint density at radius 1 is 0.900 bits per heavy atom. The molecule has 1 spiro atoms. The number of ether oxygens (including phenoxy) is 11. The van der Waals surface area contributed by atoms with Crippen molar-refractivity contribution >= 4 is 17.9 Å². The van der Waals surface area contributed by atoms with E-state index in [0.717, 1.165) is 18.4 Å². The predicted molar refractivity (Wildman–Crippen MR) is 251 cm³/mol. The molecule has 6 fully saturated rings. The number of aliphatic hydroxyl groups is 2. The highest BCUT2D eigenvalue weighted by atomic mass is 16.7. The highest BCUT2D eigenvalue weighted by molar-refractivity contribution is 5.86. The van der Waals surface area contributed by atoms with Crippen LogP contribution >= 0.6 is 0 Å². The molecule has 8 aliphatic rings. The number of carboxylic acid groups (broad SMARTS) is 1. The van der Waals surface area contributed by atoms with Gasteiger partial charge in [-0.1, -0.05) is 64.5 Å². The number of esters is 2. The van der Waals surface area contributed by atoms with E-state index in [9.17, 15) is 29.7 Å². The topological polar surface area (TPSA) is 213 Å². The lowest BCUT2D eigenvalue weighted by molar-refractivity contribution is -0.340. The largest absolute Gasteiger partial charge is 0.481 e. The molecule has 0 amide bonds. The minimum Gasteiger partial charge on any atom is -0.481 e. The molecule has 2 bridgehead atoms. The summed E-state index contributed by atoms with van der Waals surface area (Å²) in [5.41, 5.74) is -0.172. The highest BCUT2D eigenvalue weighted by Gasteiger charge is 2.62. The van der Waals surface area contributed by atoms with Gasteiger partial charge in [0.1, 0.15) is 35.9 Å². The van der Waals surface area contributed by atoms with E-state index >= 15 is 0 Å². The Labute approximate surface area is 412 Å². The number of methoxy groups -OCH3 is 2. The molecule has 6 aliphatic heterocycles. The van der Waals surface area contributed by atoms with Crippen molar-refractivity contribution in [3.05, 3.63) is 47.1 Å². The molecular formula is C53H78O17. The first-order chi connectivity index (χ1) is 33.3. The van der Waals surface area contributed by atoms with Crippen LogP contribution < -0.4 is 0 Å². The van der Waals surface area contributed by atoms with Crippen molar-refractivity contribution in [1.82, 2.24) is 0 Å². The van der Waals surface area contributed by atoms with E-state index in [4.69, 9.17) is 52.1 Å². The molecule has 8 rings (SSSR count). The normalized spacial score (nSPS) is 47.9. The Bertz CT molecular complexity index is 2010. The van der Waals surface area contributed by atoms with E-state index in [2.05, 4.69) is 26.8 Å². The van der Waals surface area contributed by atoms with Crippen molar-refractivity contribution in [2.45, 2.75) is 210 Å². The number of fused-ring (bicyclic) bond motifs is 2. The van der Waals surface area contributed by atoms with Crippen LogP contribution in [0.1, 0.15) is 113 Å². The summed E-state index contributed by atoms with van der Waals surface area (Å²) in [4.78, 5) is 39.7. The molecule has 3 unspecified atom stereocenters. The van der Waals surface area contributed by atoms with E-state index in [-0.39, 0.29) is 31.0 Å². The van der Waals surface area contributed by atoms with Crippen molar-refractivity contribution in [2.75, 3.05) is 20.8 Å². The monoisotopic (exact) mass is 987 g/mol. The zero-order chi connectivity index (χ0) is 50.4. The number of aliphatic hydroxyl groups excluding tert-OH is 1. The first kappa shape index (κ1) is 53.2. The predicted octanol–water partition coefficient (Wildman–Crippen LogP) is 5.87. The summed E-state index contributed by atoms with van der Waals surface area (Å²) in [7, 11) is 3.20. The molecule has 17 heteroatoms. The lowest BCUT2D eigenvalue weighted by atomic mass is 9.70. The quantitative estimate of drug-likeness (QED) is 0.163. The van der Waals surface area contributed by atoms with Gasteiger partial charge in [-0.2, -0.15) is 0 Å². The zero-order valence-corrected chi connectivity index (χ0v) is 42.6. The minimum absolute atomic E-state index is 0.0584. The third-order valence-electron chi connectivity index (χ3n) is 16.6. The average molecular weight is 987 g/mol. The van der Waals surface area contributed by atoms with Crippen molar-refractivity contribution in [2.24, 2.45) is 35.5 Å². The molecule has 6 heterocycles. The number of allylic oxidation sites excluding steroid dienone is 2. The molecule has 22 atom stereocenters. The van der Waals surface area contributed by atoms with Crippen LogP contribution in [0.5, 0.6) is 0 Å². The first-order valence-corrected chi connectivity index (χ1v) is 25.7. The van der Waals surface area contributed by atoms with Gasteiger partial charge in [-0.25, -0.2) is 0 Å². The molecule has 0 aromatic rings. The minimum atomic E-state index is -1.99. The molecule has 0 aromatic heterocycles. The Balaban J connectivity index is 1.10. The third-order valence-corrected chi connectivity index (χ3v) is 16.6. The van der Waals surface area contributed by atoms with E-state index in [1.807, 2.05) is 32.9 Å². The summed E-state index contributed by atoms with van der Waals surface area (Å²) in [6, 6.07) is 0. The summed E-state index contributed by atoms with van der Waals surface area (Å²) >= 11 is 0. The Hall–Kier alpha value is -3.07. The van der Waals surface area contributed by atoms with E-state index in [1.54, 1.807) is 40.2 Å². The van der Waals surface area contributed by atoms with Gasteiger partial charge in [-0.15, -0.1) is 0 Å². The second-order valence-electron chi connectivity index (χ2n) is 21.6. The van der Waals surface area contributed by atoms with Gasteiger partial charge in [0.25, 0.3) is 0 Å². The number of aliphatic carboxylic acids is 1. The van der Waals surface area contributed by atoms with Gasteiger partial charge in [0, 0.05) is 52.2 Å². The molecule has 3 N–H and O–H groups in total. The molecular weight excluding hydrogens is 909 g/mol. The number of hydrogen-bond acceptors (Lipinski definition) is 16. The lowest BCUT2D eigenvalue weighted by Crippen LogP contribution is -2.59. The van der Waals surface area contributed by atoms with Gasteiger partial charge in [-0.3, -0.25) is 14.4 Å².